The molecule has 0 aromatic rings. The predicted octanol–water partition coefficient (Wildman–Crippen LogP) is 0.898. The summed E-state index contributed by atoms with van der Waals surface area (Å²) >= 11 is 4.89. The van der Waals surface area contributed by atoms with Crippen LogP contribution < -0.4 is 5.73 Å². The molecule has 0 saturated carbocycles. The molecule has 0 amide bonds. The topological polar surface area (TPSA) is 49.5 Å². The number of thiocarbonyl (C=S) groups is 1. The molecule has 4 heteroatoms. The fourth-order valence-corrected chi connectivity index (χ4v) is 2.11. The van der Waals surface area contributed by atoms with Gasteiger partial charge in [0.1, 0.15) is 0 Å². The van der Waals surface area contributed by atoms with Crippen molar-refractivity contribution in [2.45, 2.75) is 44.8 Å². The van der Waals surface area contributed by atoms with Gasteiger partial charge in [0, 0.05) is 25.6 Å². The average Bonchev–Trinajstić information content (AvgIpc) is 2.02. The van der Waals surface area contributed by atoms with E-state index in [0.717, 1.165) is 32.4 Å². The van der Waals surface area contributed by atoms with Crippen LogP contribution in [0, 0.1) is 0 Å². The molecule has 0 aromatic heterocycles. The first kappa shape index (κ1) is 11.9. The lowest BCUT2D eigenvalue weighted by atomic mass is 9.93. The molecule has 0 bridgehead atoms. The summed E-state index contributed by atoms with van der Waals surface area (Å²) in [5.41, 5.74) is 5.04. The average molecular weight is 216 g/mol. The van der Waals surface area contributed by atoms with E-state index in [1.165, 1.54) is 0 Å². The van der Waals surface area contributed by atoms with Crippen molar-refractivity contribution in [3.63, 3.8) is 0 Å². The Morgan fingerprint density at radius 3 is 2.50 bits per heavy atom. The predicted molar refractivity (Wildman–Crippen MR) is 62.3 cm³/mol. The number of nitrogens with two attached hydrogens (primary N) is 1. The van der Waals surface area contributed by atoms with E-state index < -0.39 is 5.60 Å². The maximum absolute atomic E-state index is 9.78. The number of likely N-dealkylation sites (tertiary alicyclic amines) is 1. The molecule has 0 radical (unpaired) electrons. The third-order valence-electron chi connectivity index (χ3n) is 3.00. The van der Waals surface area contributed by atoms with E-state index >= 15 is 0 Å². The zero-order chi connectivity index (χ0) is 10.8. The van der Waals surface area contributed by atoms with Crippen LogP contribution in [0.25, 0.3) is 0 Å². The van der Waals surface area contributed by atoms with Crippen LogP contribution in [0.2, 0.25) is 0 Å². The first-order valence-corrected chi connectivity index (χ1v) is 5.56. The zero-order valence-electron chi connectivity index (χ0n) is 8.99. The van der Waals surface area contributed by atoms with E-state index in [4.69, 9.17) is 18.0 Å². The number of aliphatic hydroxyl groups is 1. The molecular formula is C10H20N2OS. The summed E-state index contributed by atoms with van der Waals surface area (Å²) in [7, 11) is 0. The van der Waals surface area contributed by atoms with Crippen molar-refractivity contribution in [1.82, 2.24) is 4.90 Å². The maximum Gasteiger partial charge on any atom is 0.0742 e. The summed E-state index contributed by atoms with van der Waals surface area (Å²) in [6.07, 6.45) is 2.46. The molecule has 3 N–H and O–H groups in total. The summed E-state index contributed by atoms with van der Waals surface area (Å²) in [5, 5.41) is 9.78. The van der Waals surface area contributed by atoms with Crippen molar-refractivity contribution in [2.24, 2.45) is 5.73 Å². The van der Waals surface area contributed by atoms with Crippen molar-refractivity contribution in [1.29, 1.82) is 0 Å². The first-order chi connectivity index (χ1) is 6.41. The molecule has 0 aromatic carbocycles. The van der Waals surface area contributed by atoms with E-state index in [1.54, 1.807) is 0 Å². The largest absolute Gasteiger partial charge is 0.393 e. The Bertz CT molecular complexity index is 208. The Balaban J connectivity index is 2.37. The highest BCUT2D eigenvalue weighted by Crippen LogP contribution is 2.23. The van der Waals surface area contributed by atoms with Crippen LogP contribution in [0.3, 0.4) is 0 Å². The normalized spacial score (nSPS) is 24.5. The van der Waals surface area contributed by atoms with Crippen molar-refractivity contribution in [3.05, 3.63) is 0 Å². The van der Waals surface area contributed by atoms with Crippen molar-refractivity contribution < 1.29 is 5.11 Å². The molecule has 3 nitrogen and oxygen atoms in total. The van der Waals surface area contributed by atoms with Crippen LogP contribution in [0.5, 0.6) is 0 Å². The molecule has 1 fully saturated rings. The number of piperidine rings is 1. The van der Waals surface area contributed by atoms with Gasteiger partial charge in [0.25, 0.3) is 0 Å². The smallest absolute Gasteiger partial charge is 0.0742 e. The molecule has 1 rings (SSSR count). The minimum absolute atomic E-state index is 0.406. The second kappa shape index (κ2) is 4.55. The first-order valence-electron chi connectivity index (χ1n) is 5.15. The number of hydrogen-bond donors (Lipinski definition) is 2. The standard InChI is InChI=1S/C10H20N2OS/c1-8(7-9(11)14)12-5-3-10(2,13)4-6-12/h8,13H,3-7H2,1-2H3,(H2,11,14). The van der Waals surface area contributed by atoms with E-state index in [9.17, 15) is 5.11 Å². The summed E-state index contributed by atoms with van der Waals surface area (Å²) in [4.78, 5) is 2.92. The van der Waals surface area contributed by atoms with E-state index in [1.807, 2.05) is 6.92 Å². The summed E-state index contributed by atoms with van der Waals surface area (Å²) < 4.78 is 0. The Labute approximate surface area is 91.3 Å². The Kier molecular flexibility index (Phi) is 3.86. The molecular weight excluding hydrogens is 196 g/mol. The van der Waals surface area contributed by atoms with Gasteiger partial charge in [-0.1, -0.05) is 12.2 Å². The molecule has 1 aliphatic heterocycles. The zero-order valence-corrected chi connectivity index (χ0v) is 9.81. The molecule has 1 unspecified atom stereocenters. The molecule has 1 atom stereocenters. The number of rotatable bonds is 3. The van der Waals surface area contributed by atoms with Gasteiger partial charge in [-0.05, 0) is 26.7 Å². The highest BCUT2D eigenvalue weighted by Gasteiger charge is 2.29. The number of hydrogen-bond acceptors (Lipinski definition) is 3. The van der Waals surface area contributed by atoms with Crippen LogP contribution in [-0.4, -0.2) is 39.7 Å². The molecule has 1 aliphatic rings. The second-order valence-corrected chi connectivity index (χ2v) is 5.08. The van der Waals surface area contributed by atoms with Gasteiger partial charge in [0.05, 0.1) is 10.6 Å². The highest BCUT2D eigenvalue weighted by molar-refractivity contribution is 7.80. The van der Waals surface area contributed by atoms with Crippen molar-refractivity contribution in [3.8, 4) is 0 Å². The Hall–Kier alpha value is -0.190. The third-order valence-corrected chi connectivity index (χ3v) is 3.16. The lowest BCUT2D eigenvalue weighted by Gasteiger charge is -2.38. The van der Waals surface area contributed by atoms with Gasteiger partial charge in [-0.15, -0.1) is 0 Å². The van der Waals surface area contributed by atoms with Gasteiger partial charge in [-0.2, -0.15) is 0 Å². The lowest BCUT2D eigenvalue weighted by Crippen LogP contribution is -2.46. The fraction of sp³-hybridized carbons (Fsp3) is 0.900. The minimum Gasteiger partial charge on any atom is -0.393 e. The summed E-state index contributed by atoms with van der Waals surface area (Å²) in [6, 6.07) is 0.406. The van der Waals surface area contributed by atoms with Crippen molar-refractivity contribution >= 4 is 17.2 Å². The second-order valence-electron chi connectivity index (χ2n) is 4.55. The monoisotopic (exact) mass is 216 g/mol. The lowest BCUT2D eigenvalue weighted by molar-refractivity contribution is -0.0137. The van der Waals surface area contributed by atoms with Gasteiger partial charge in [-0.3, -0.25) is 0 Å². The minimum atomic E-state index is -0.473. The molecule has 0 aliphatic carbocycles. The Morgan fingerprint density at radius 1 is 1.57 bits per heavy atom. The SMILES string of the molecule is CC(CC(N)=S)N1CCC(C)(O)CC1. The van der Waals surface area contributed by atoms with Gasteiger partial charge < -0.3 is 15.7 Å². The van der Waals surface area contributed by atoms with Gasteiger partial charge >= 0.3 is 0 Å². The van der Waals surface area contributed by atoms with Crippen LogP contribution in [0.15, 0.2) is 0 Å². The van der Waals surface area contributed by atoms with Gasteiger partial charge in [-0.25, -0.2) is 0 Å². The van der Waals surface area contributed by atoms with E-state index in [-0.39, 0.29) is 0 Å². The summed E-state index contributed by atoms with van der Waals surface area (Å²) in [6.45, 7) is 5.93. The molecule has 0 spiro atoms. The highest BCUT2D eigenvalue weighted by atomic mass is 32.1. The third kappa shape index (κ3) is 3.52. The summed E-state index contributed by atoms with van der Waals surface area (Å²) in [5.74, 6) is 0. The molecule has 1 heterocycles. The molecule has 1 saturated heterocycles. The van der Waals surface area contributed by atoms with Crippen LogP contribution in [-0.2, 0) is 0 Å². The molecule has 14 heavy (non-hydrogen) atoms. The van der Waals surface area contributed by atoms with Crippen LogP contribution >= 0.6 is 12.2 Å². The molecule has 82 valence electrons. The van der Waals surface area contributed by atoms with Gasteiger partial charge in [0.15, 0.2) is 0 Å². The van der Waals surface area contributed by atoms with Gasteiger partial charge in [0.2, 0.25) is 0 Å². The maximum atomic E-state index is 9.78. The van der Waals surface area contributed by atoms with E-state index in [2.05, 4.69) is 11.8 Å². The van der Waals surface area contributed by atoms with E-state index in [0.29, 0.717) is 11.0 Å². The Morgan fingerprint density at radius 2 is 2.07 bits per heavy atom. The fourth-order valence-electron chi connectivity index (χ4n) is 1.87. The van der Waals surface area contributed by atoms with Crippen LogP contribution in [0.4, 0.5) is 0 Å². The van der Waals surface area contributed by atoms with Crippen LogP contribution in [0.1, 0.15) is 33.1 Å². The number of nitrogens with zero attached hydrogens (tertiary/aromatic N) is 1. The quantitative estimate of drug-likeness (QED) is 0.688. The van der Waals surface area contributed by atoms with Crippen molar-refractivity contribution in [2.75, 3.05) is 13.1 Å².